The zero-order valence-electron chi connectivity index (χ0n) is 14.8. The van der Waals surface area contributed by atoms with Gasteiger partial charge in [0.25, 0.3) is 0 Å². The van der Waals surface area contributed by atoms with Crippen molar-refractivity contribution in [3.8, 4) is 5.75 Å². The highest BCUT2D eigenvalue weighted by molar-refractivity contribution is 6.04. The number of fused-ring (bicyclic) bond motifs is 1. The van der Waals surface area contributed by atoms with Gasteiger partial charge in [-0.15, -0.1) is 0 Å². The van der Waals surface area contributed by atoms with Crippen LogP contribution in [0.3, 0.4) is 0 Å². The van der Waals surface area contributed by atoms with Gasteiger partial charge < -0.3 is 4.74 Å². The van der Waals surface area contributed by atoms with E-state index in [1.54, 1.807) is 6.07 Å². The maximum Gasteiger partial charge on any atom is 0.418 e. The Morgan fingerprint density at radius 2 is 1.54 bits per heavy atom. The number of benzene rings is 3. The number of hydrazone groups is 1. The lowest BCUT2D eigenvalue weighted by Crippen LogP contribution is -2.22. The zero-order chi connectivity index (χ0) is 19.6. The van der Waals surface area contributed by atoms with Crippen molar-refractivity contribution in [2.45, 2.75) is 18.7 Å². The smallest absolute Gasteiger partial charge is 0.418 e. The van der Waals surface area contributed by atoms with Crippen LogP contribution in [0.15, 0.2) is 84.0 Å². The quantitative estimate of drug-likeness (QED) is 0.560. The predicted molar refractivity (Wildman–Crippen MR) is 102 cm³/mol. The summed E-state index contributed by atoms with van der Waals surface area (Å²) in [7, 11) is 0. The molecule has 1 N–H and O–H groups in total. The van der Waals surface area contributed by atoms with Crippen LogP contribution in [0.4, 0.5) is 18.9 Å². The van der Waals surface area contributed by atoms with Crippen LogP contribution in [-0.2, 0) is 6.18 Å². The second-order valence-electron chi connectivity index (χ2n) is 6.43. The number of ether oxygens (including phenoxy) is 1. The van der Waals surface area contributed by atoms with Crippen molar-refractivity contribution in [1.82, 2.24) is 0 Å². The maximum atomic E-state index is 13.2. The van der Waals surface area contributed by atoms with E-state index in [0.29, 0.717) is 17.9 Å². The summed E-state index contributed by atoms with van der Waals surface area (Å²) >= 11 is 0. The molecule has 0 saturated carbocycles. The summed E-state index contributed by atoms with van der Waals surface area (Å²) in [5.74, 6) is 0.659. The van der Waals surface area contributed by atoms with Gasteiger partial charge in [0, 0.05) is 12.0 Å². The van der Waals surface area contributed by atoms with E-state index < -0.39 is 11.7 Å². The molecule has 1 atom stereocenters. The molecule has 6 heteroatoms. The van der Waals surface area contributed by atoms with Crippen molar-refractivity contribution in [3.63, 3.8) is 0 Å². The summed E-state index contributed by atoms with van der Waals surface area (Å²) in [6, 6.07) is 22.4. The molecular formula is C22H17F3N2O. The summed E-state index contributed by atoms with van der Waals surface area (Å²) in [6.07, 6.45) is -4.26. The highest BCUT2D eigenvalue weighted by Gasteiger charge is 2.33. The topological polar surface area (TPSA) is 33.6 Å². The van der Waals surface area contributed by atoms with Gasteiger partial charge in [-0.2, -0.15) is 18.3 Å². The summed E-state index contributed by atoms with van der Waals surface area (Å²) in [6.45, 7) is 0. The summed E-state index contributed by atoms with van der Waals surface area (Å²) in [4.78, 5) is 0. The average Bonchev–Trinajstić information content (AvgIpc) is 2.72. The van der Waals surface area contributed by atoms with E-state index in [1.807, 2.05) is 54.6 Å². The van der Waals surface area contributed by atoms with Crippen LogP contribution < -0.4 is 10.2 Å². The first kappa shape index (κ1) is 18.1. The minimum absolute atomic E-state index is 0.0808. The first-order chi connectivity index (χ1) is 13.5. The van der Waals surface area contributed by atoms with E-state index in [-0.39, 0.29) is 11.8 Å². The van der Waals surface area contributed by atoms with Crippen LogP contribution >= 0.6 is 0 Å². The first-order valence-corrected chi connectivity index (χ1v) is 8.82. The SMILES string of the molecule is FC(F)(F)c1ccccc1NN=C1C[C@H](c2ccccc2)Oc2ccccc21. The van der Waals surface area contributed by atoms with Crippen molar-refractivity contribution >= 4 is 11.4 Å². The third-order valence-electron chi connectivity index (χ3n) is 4.56. The molecule has 0 fully saturated rings. The Morgan fingerprint density at radius 1 is 0.857 bits per heavy atom. The third-order valence-corrected chi connectivity index (χ3v) is 4.56. The number of nitrogens with zero attached hydrogens (tertiary/aromatic N) is 1. The molecule has 142 valence electrons. The maximum absolute atomic E-state index is 13.2. The van der Waals surface area contributed by atoms with Crippen LogP contribution in [0.5, 0.6) is 5.75 Å². The van der Waals surface area contributed by atoms with E-state index >= 15 is 0 Å². The number of halogens is 3. The fraction of sp³-hybridized carbons (Fsp3) is 0.136. The van der Waals surface area contributed by atoms with E-state index in [4.69, 9.17) is 4.74 Å². The molecule has 3 nitrogen and oxygen atoms in total. The lowest BCUT2D eigenvalue weighted by atomic mass is 9.96. The van der Waals surface area contributed by atoms with E-state index in [9.17, 15) is 13.2 Å². The standard InChI is InChI=1S/C22H17F3N2O/c23-22(24,25)17-11-5-6-12-18(17)26-27-19-14-21(15-8-2-1-3-9-15)28-20-13-7-4-10-16(19)20/h1-13,21,26H,14H2/t21-/m1/s1. The van der Waals surface area contributed by atoms with Crippen LogP contribution in [0.1, 0.15) is 29.2 Å². The average molecular weight is 382 g/mol. The molecule has 3 aromatic carbocycles. The third kappa shape index (κ3) is 3.71. The van der Waals surface area contributed by atoms with Crippen molar-refractivity contribution < 1.29 is 17.9 Å². The largest absolute Gasteiger partial charge is 0.485 e. The van der Waals surface area contributed by atoms with Crippen LogP contribution in [0, 0.1) is 0 Å². The van der Waals surface area contributed by atoms with Gasteiger partial charge in [-0.25, -0.2) is 0 Å². The molecule has 0 unspecified atom stereocenters. The molecule has 4 rings (SSSR count). The number of hydrogen-bond acceptors (Lipinski definition) is 3. The molecule has 1 aliphatic rings. The molecule has 0 spiro atoms. The van der Waals surface area contributed by atoms with E-state index in [2.05, 4.69) is 10.5 Å². The number of anilines is 1. The van der Waals surface area contributed by atoms with Gasteiger partial charge in [-0.05, 0) is 29.8 Å². The lowest BCUT2D eigenvalue weighted by Gasteiger charge is -2.27. The van der Waals surface area contributed by atoms with Crippen molar-refractivity contribution in [2.75, 3.05) is 5.43 Å². The normalized spacial score (nSPS) is 17.7. The Balaban J connectivity index is 1.68. The fourth-order valence-electron chi connectivity index (χ4n) is 3.20. The van der Waals surface area contributed by atoms with Crippen molar-refractivity contribution in [3.05, 3.63) is 95.6 Å². The number of para-hydroxylation sites is 2. The van der Waals surface area contributed by atoms with Gasteiger partial charge in [-0.3, -0.25) is 5.43 Å². The van der Waals surface area contributed by atoms with Gasteiger partial charge in [0.15, 0.2) is 0 Å². The Bertz CT molecular complexity index is 1000. The summed E-state index contributed by atoms with van der Waals surface area (Å²) < 4.78 is 45.8. The Morgan fingerprint density at radius 3 is 2.32 bits per heavy atom. The van der Waals surface area contributed by atoms with Gasteiger partial charge in [-0.1, -0.05) is 54.6 Å². The Hall–Kier alpha value is -3.28. The summed E-state index contributed by atoms with van der Waals surface area (Å²) in [5.41, 5.74) is 4.19. The molecule has 28 heavy (non-hydrogen) atoms. The zero-order valence-corrected chi connectivity index (χ0v) is 14.8. The van der Waals surface area contributed by atoms with E-state index in [1.165, 1.54) is 12.1 Å². The lowest BCUT2D eigenvalue weighted by molar-refractivity contribution is -0.136. The molecule has 3 aromatic rings. The molecule has 0 saturated heterocycles. The van der Waals surface area contributed by atoms with Gasteiger partial charge in [0.05, 0.1) is 17.0 Å². The van der Waals surface area contributed by atoms with E-state index in [0.717, 1.165) is 17.2 Å². The minimum Gasteiger partial charge on any atom is -0.485 e. The molecule has 0 radical (unpaired) electrons. The minimum atomic E-state index is -4.45. The van der Waals surface area contributed by atoms with Crippen LogP contribution in [0.2, 0.25) is 0 Å². The molecule has 1 heterocycles. The molecule has 1 aliphatic heterocycles. The molecule has 0 amide bonds. The Kier molecular flexibility index (Phi) is 4.77. The summed E-state index contributed by atoms with van der Waals surface area (Å²) in [5, 5.41) is 4.33. The van der Waals surface area contributed by atoms with Gasteiger partial charge in [0.2, 0.25) is 0 Å². The highest BCUT2D eigenvalue weighted by atomic mass is 19.4. The highest BCUT2D eigenvalue weighted by Crippen LogP contribution is 2.37. The van der Waals surface area contributed by atoms with Crippen molar-refractivity contribution in [2.24, 2.45) is 5.10 Å². The van der Waals surface area contributed by atoms with Crippen LogP contribution in [-0.4, -0.2) is 5.71 Å². The second-order valence-corrected chi connectivity index (χ2v) is 6.43. The number of alkyl halides is 3. The fourth-order valence-corrected chi connectivity index (χ4v) is 3.20. The number of rotatable bonds is 3. The number of hydrogen-bond donors (Lipinski definition) is 1. The monoisotopic (exact) mass is 382 g/mol. The molecule has 0 aliphatic carbocycles. The van der Waals surface area contributed by atoms with Gasteiger partial charge in [0.1, 0.15) is 11.9 Å². The predicted octanol–water partition coefficient (Wildman–Crippen LogP) is 6.05. The van der Waals surface area contributed by atoms with Crippen molar-refractivity contribution in [1.29, 1.82) is 0 Å². The second kappa shape index (κ2) is 7.38. The molecule has 0 aromatic heterocycles. The Labute approximate surface area is 160 Å². The van der Waals surface area contributed by atoms with Gasteiger partial charge >= 0.3 is 6.18 Å². The molecule has 0 bridgehead atoms. The first-order valence-electron chi connectivity index (χ1n) is 8.82. The molecular weight excluding hydrogens is 365 g/mol. The van der Waals surface area contributed by atoms with Crippen LogP contribution in [0.25, 0.3) is 0 Å². The number of nitrogens with one attached hydrogen (secondary N) is 1.